The van der Waals surface area contributed by atoms with E-state index in [-0.39, 0.29) is 35.8 Å². The smallest absolute Gasteiger partial charge is 0.251 e. The van der Waals surface area contributed by atoms with E-state index in [4.69, 9.17) is 4.74 Å². The van der Waals surface area contributed by atoms with Gasteiger partial charge in [0.25, 0.3) is 5.91 Å². The first-order valence-corrected chi connectivity index (χ1v) is 9.16. The fourth-order valence-electron chi connectivity index (χ4n) is 2.66. The molecule has 1 aromatic rings. The van der Waals surface area contributed by atoms with Crippen molar-refractivity contribution in [2.45, 2.75) is 17.4 Å². The highest BCUT2D eigenvalue weighted by molar-refractivity contribution is 7.89. The van der Waals surface area contributed by atoms with Crippen LogP contribution in [0, 0.1) is 0 Å². The van der Waals surface area contributed by atoms with Gasteiger partial charge in [0, 0.05) is 25.3 Å². The maximum Gasteiger partial charge on any atom is 0.251 e. The van der Waals surface area contributed by atoms with Gasteiger partial charge in [-0.3, -0.25) is 9.59 Å². The zero-order valence-corrected chi connectivity index (χ0v) is 13.8. The lowest BCUT2D eigenvalue weighted by Gasteiger charge is -2.25. The number of carbonyl (C=O) groups excluding carboxylic acids is 2. The summed E-state index contributed by atoms with van der Waals surface area (Å²) in [5.41, 5.74) is 0.386. The summed E-state index contributed by atoms with van der Waals surface area (Å²) in [4.78, 5) is 23.6. The molecule has 1 atom stereocenters. The molecule has 2 N–H and O–H groups in total. The largest absolute Gasteiger partial charge is 0.379 e. The van der Waals surface area contributed by atoms with Crippen LogP contribution in [0.5, 0.6) is 0 Å². The van der Waals surface area contributed by atoms with Gasteiger partial charge >= 0.3 is 0 Å². The highest BCUT2D eigenvalue weighted by Gasteiger charge is 2.29. The molecule has 3 rings (SSSR count). The second-order valence-corrected chi connectivity index (χ2v) is 7.68. The van der Waals surface area contributed by atoms with E-state index in [1.165, 1.54) is 24.3 Å². The first-order valence-electron chi connectivity index (χ1n) is 7.72. The zero-order valence-electron chi connectivity index (χ0n) is 13.0. The van der Waals surface area contributed by atoms with Crippen LogP contribution in [0.2, 0.25) is 0 Å². The molecule has 0 aromatic heterocycles. The Balaban J connectivity index is 1.71. The summed E-state index contributed by atoms with van der Waals surface area (Å²) in [5, 5.41) is 5.43. The average molecular weight is 353 g/mol. The average Bonchev–Trinajstić information content (AvgIpc) is 3.08. The number of rotatable bonds is 4. The summed E-state index contributed by atoms with van der Waals surface area (Å²) < 4.78 is 31.4. The van der Waals surface area contributed by atoms with Gasteiger partial charge in [0.05, 0.1) is 24.1 Å². The summed E-state index contributed by atoms with van der Waals surface area (Å²) in [6.45, 7) is 1.47. The third-order valence-electron chi connectivity index (χ3n) is 4.02. The lowest BCUT2D eigenvalue weighted by Crippen LogP contribution is -2.49. The van der Waals surface area contributed by atoms with Gasteiger partial charge in [-0.05, 0) is 30.7 Å². The van der Waals surface area contributed by atoms with Gasteiger partial charge < -0.3 is 15.4 Å². The van der Waals surface area contributed by atoms with Crippen molar-refractivity contribution in [3.63, 3.8) is 0 Å². The monoisotopic (exact) mass is 353 g/mol. The Morgan fingerprint density at radius 1 is 1.29 bits per heavy atom. The number of ether oxygens (including phenoxy) is 1. The highest BCUT2D eigenvalue weighted by atomic mass is 32.2. The molecule has 0 bridgehead atoms. The van der Waals surface area contributed by atoms with Crippen LogP contribution in [0.4, 0.5) is 0 Å². The predicted octanol–water partition coefficient (Wildman–Crippen LogP) is -0.674. The van der Waals surface area contributed by atoms with Crippen molar-refractivity contribution in [2.24, 2.45) is 0 Å². The van der Waals surface area contributed by atoms with Gasteiger partial charge in [-0.25, -0.2) is 8.42 Å². The van der Waals surface area contributed by atoms with E-state index in [2.05, 4.69) is 10.6 Å². The zero-order chi connectivity index (χ0) is 17.2. The number of sulfonamides is 1. The third kappa shape index (κ3) is 3.58. The lowest BCUT2D eigenvalue weighted by molar-refractivity contribution is -0.122. The SMILES string of the molecule is O=C1CN(S(=O)(=O)c2ccc(C(=O)NC3CCOC3)cc2)CCN1. The molecule has 2 heterocycles. The summed E-state index contributed by atoms with van der Waals surface area (Å²) in [6.07, 6.45) is 0.773. The first kappa shape index (κ1) is 16.9. The molecular weight excluding hydrogens is 334 g/mol. The second-order valence-electron chi connectivity index (χ2n) is 5.75. The number of piperazine rings is 1. The Bertz CT molecular complexity index is 726. The van der Waals surface area contributed by atoms with Gasteiger partial charge in [0.15, 0.2) is 0 Å². The van der Waals surface area contributed by atoms with E-state index < -0.39 is 10.0 Å². The maximum absolute atomic E-state index is 12.5. The molecule has 2 saturated heterocycles. The van der Waals surface area contributed by atoms with Crippen molar-refractivity contribution in [3.8, 4) is 0 Å². The molecule has 0 spiro atoms. The van der Waals surface area contributed by atoms with Gasteiger partial charge in [-0.1, -0.05) is 0 Å². The first-order chi connectivity index (χ1) is 11.5. The van der Waals surface area contributed by atoms with Crippen LogP contribution in [-0.4, -0.2) is 63.4 Å². The number of nitrogens with one attached hydrogen (secondary N) is 2. The van der Waals surface area contributed by atoms with Crippen LogP contribution in [-0.2, 0) is 19.6 Å². The minimum atomic E-state index is -3.74. The summed E-state index contributed by atoms with van der Waals surface area (Å²) in [6, 6.07) is 5.72. The Morgan fingerprint density at radius 2 is 2.04 bits per heavy atom. The van der Waals surface area contributed by atoms with Crippen LogP contribution in [0.1, 0.15) is 16.8 Å². The molecule has 1 aromatic carbocycles. The normalized spacial score (nSPS) is 22.2. The van der Waals surface area contributed by atoms with Crippen LogP contribution in [0.25, 0.3) is 0 Å². The second kappa shape index (κ2) is 6.88. The topological polar surface area (TPSA) is 105 Å². The molecule has 2 amide bonds. The third-order valence-corrected chi connectivity index (χ3v) is 5.88. The van der Waals surface area contributed by atoms with Crippen molar-refractivity contribution in [3.05, 3.63) is 29.8 Å². The minimum Gasteiger partial charge on any atom is -0.379 e. The van der Waals surface area contributed by atoms with Crippen molar-refractivity contribution < 1.29 is 22.7 Å². The van der Waals surface area contributed by atoms with Crippen molar-refractivity contribution in [1.29, 1.82) is 0 Å². The Labute approximate surface area is 140 Å². The van der Waals surface area contributed by atoms with Crippen molar-refractivity contribution in [2.75, 3.05) is 32.8 Å². The molecule has 8 nitrogen and oxygen atoms in total. The van der Waals surface area contributed by atoms with Gasteiger partial charge in [-0.15, -0.1) is 0 Å². The van der Waals surface area contributed by atoms with E-state index in [0.717, 1.165) is 10.7 Å². The summed E-state index contributed by atoms with van der Waals surface area (Å²) in [7, 11) is -3.74. The molecule has 2 aliphatic rings. The van der Waals surface area contributed by atoms with E-state index >= 15 is 0 Å². The number of benzene rings is 1. The number of hydrogen-bond acceptors (Lipinski definition) is 5. The molecular formula is C15H19N3O5S. The van der Waals surface area contributed by atoms with E-state index in [1.807, 2.05) is 0 Å². The highest BCUT2D eigenvalue weighted by Crippen LogP contribution is 2.17. The summed E-state index contributed by atoms with van der Waals surface area (Å²) in [5.74, 6) is -0.577. The Kier molecular flexibility index (Phi) is 4.83. The predicted molar refractivity (Wildman–Crippen MR) is 84.9 cm³/mol. The van der Waals surface area contributed by atoms with Crippen LogP contribution in [0.15, 0.2) is 29.2 Å². The lowest BCUT2D eigenvalue weighted by atomic mass is 10.2. The van der Waals surface area contributed by atoms with Crippen LogP contribution < -0.4 is 10.6 Å². The van der Waals surface area contributed by atoms with Crippen molar-refractivity contribution >= 4 is 21.8 Å². The fraction of sp³-hybridized carbons (Fsp3) is 0.467. The molecule has 24 heavy (non-hydrogen) atoms. The molecule has 9 heteroatoms. The van der Waals surface area contributed by atoms with Gasteiger partial charge in [0.2, 0.25) is 15.9 Å². The summed E-state index contributed by atoms with van der Waals surface area (Å²) >= 11 is 0. The molecule has 0 aliphatic carbocycles. The van der Waals surface area contributed by atoms with E-state index in [1.54, 1.807) is 0 Å². The Hall–Kier alpha value is -1.97. The number of nitrogens with zero attached hydrogens (tertiary/aromatic N) is 1. The van der Waals surface area contributed by atoms with Crippen molar-refractivity contribution in [1.82, 2.24) is 14.9 Å². The maximum atomic E-state index is 12.5. The molecule has 0 radical (unpaired) electrons. The molecule has 0 saturated carbocycles. The fourth-order valence-corrected chi connectivity index (χ4v) is 4.06. The number of hydrogen-bond donors (Lipinski definition) is 2. The molecule has 130 valence electrons. The van der Waals surface area contributed by atoms with Gasteiger partial charge in [0.1, 0.15) is 0 Å². The van der Waals surface area contributed by atoms with Gasteiger partial charge in [-0.2, -0.15) is 4.31 Å². The quantitative estimate of drug-likeness (QED) is 0.747. The van der Waals surface area contributed by atoms with Crippen LogP contribution in [0.3, 0.4) is 0 Å². The number of amides is 2. The molecule has 1 unspecified atom stereocenters. The van der Waals surface area contributed by atoms with Crippen LogP contribution >= 0.6 is 0 Å². The minimum absolute atomic E-state index is 0.00669. The van der Waals surface area contributed by atoms with E-state index in [0.29, 0.717) is 25.3 Å². The Morgan fingerprint density at radius 3 is 2.67 bits per heavy atom. The van der Waals surface area contributed by atoms with E-state index in [9.17, 15) is 18.0 Å². The molecule has 2 aliphatic heterocycles. The molecule has 2 fully saturated rings. The number of carbonyl (C=O) groups is 2. The standard InChI is InChI=1S/C15H19N3O5S/c19-14-9-18(7-6-16-14)24(21,22)13-3-1-11(2-4-13)15(20)17-12-5-8-23-10-12/h1-4,12H,5-10H2,(H,16,19)(H,17,20).